The average molecular weight is 287 g/mol. The molecule has 0 aromatic heterocycles. The van der Waals surface area contributed by atoms with Gasteiger partial charge >= 0.3 is 0 Å². The van der Waals surface area contributed by atoms with Crippen molar-refractivity contribution in [3.63, 3.8) is 0 Å². The third kappa shape index (κ3) is 4.56. The quantitative estimate of drug-likeness (QED) is 0.864. The fraction of sp³-hybridized carbons (Fsp3) is 0.571. The van der Waals surface area contributed by atoms with Crippen LogP contribution in [0.25, 0.3) is 0 Å². The molecule has 4 nitrogen and oxygen atoms in total. The number of methoxy groups -OCH3 is 1. The highest BCUT2D eigenvalue weighted by Crippen LogP contribution is 2.25. The second kappa shape index (κ2) is 8.25. The van der Waals surface area contributed by atoms with Gasteiger partial charge in [0.05, 0.1) is 7.11 Å². The van der Waals surface area contributed by atoms with Gasteiger partial charge in [-0.15, -0.1) is 12.4 Å². The largest absolute Gasteiger partial charge is 0.493 e. The molecule has 0 bridgehead atoms. The van der Waals surface area contributed by atoms with Crippen molar-refractivity contribution in [2.24, 2.45) is 0 Å². The molecular weight excluding hydrogens is 264 g/mol. The molecule has 1 aromatic carbocycles. The van der Waals surface area contributed by atoms with Crippen LogP contribution in [0.2, 0.25) is 0 Å². The van der Waals surface area contributed by atoms with E-state index in [-0.39, 0.29) is 12.4 Å². The van der Waals surface area contributed by atoms with Crippen LogP contribution < -0.4 is 14.8 Å². The summed E-state index contributed by atoms with van der Waals surface area (Å²) in [5.74, 6) is 1.62. The summed E-state index contributed by atoms with van der Waals surface area (Å²) >= 11 is 0. The molecule has 0 radical (unpaired) electrons. The number of hydrogen-bond donors (Lipinski definition) is 1. The number of halogens is 1. The summed E-state index contributed by atoms with van der Waals surface area (Å²) in [7, 11) is 3.69. The van der Waals surface area contributed by atoms with Crippen LogP contribution in [0, 0.1) is 0 Å². The van der Waals surface area contributed by atoms with E-state index < -0.39 is 0 Å². The number of hydrogen-bond acceptors (Lipinski definition) is 4. The van der Waals surface area contributed by atoms with E-state index in [0.29, 0.717) is 12.6 Å². The van der Waals surface area contributed by atoms with Crippen molar-refractivity contribution in [1.29, 1.82) is 0 Å². The fourth-order valence-corrected chi connectivity index (χ4v) is 2.29. The summed E-state index contributed by atoms with van der Waals surface area (Å²) in [5.41, 5.74) is 0. The van der Waals surface area contributed by atoms with E-state index in [1.54, 1.807) is 7.11 Å². The first-order valence-electron chi connectivity index (χ1n) is 6.49. The molecule has 1 aliphatic rings. The highest BCUT2D eigenvalue weighted by Gasteiger charge is 2.20. The zero-order valence-electron chi connectivity index (χ0n) is 11.6. The molecule has 0 spiro atoms. The summed E-state index contributed by atoms with van der Waals surface area (Å²) in [4.78, 5) is 2.43. The standard InChI is InChI=1S/C14H22N2O2.ClH/c1-15-12-7-8-16(11-12)9-10-18-14-6-4-3-5-13(14)17-2;/h3-6,12,15H,7-11H2,1-2H3;1H. The lowest BCUT2D eigenvalue weighted by Gasteiger charge is -2.17. The summed E-state index contributed by atoms with van der Waals surface area (Å²) in [5, 5.41) is 3.32. The van der Waals surface area contributed by atoms with Crippen LogP contribution in [-0.2, 0) is 0 Å². The lowest BCUT2D eigenvalue weighted by Crippen LogP contribution is -2.31. The van der Waals surface area contributed by atoms with Gasteiger partial charge in [-0.1, -0.05) is 12.1 Å². The molecule has 108 valence electrons. The van der Waals surface area contributed by atoms with Gasteiger partial charge in [-0.2, -0.15) is 0 Å². The highest BCUT2D eigenvalue weighted by molar-refractivity contribution is 5.85. The Morgan fingerprint density at radius 1 is 1.32 bits per heavy atom. The highest BCUT2D eigenvalue weighted by atomic mass is 35.5. The molecule has 2 rings (SSSR count). The number of likely N-dealkylation sites (N-methyl/N-ethyl adjacent to an activating group) is 1. The average Bonchev–Trinajstić information content (AvgIpc) is 2.87. The third-order valence-electron chi connectivity index (χ3n) is 3.41. The van der Waals surface area contributed by atoms with Gasteiger partial charge in [-0.05, 0) is 32.1 Å². The molecule has 1 unspecified atom stereocenters. The first kappa shape index (κ1) is 16.1. The van der Waals surface area contributed by atoms with Crippen LogP contribution in [0.3, 0.4) is 0 Å². The van der Waals surface area contributed by atoms with Crippen molar-refractivity contribution in [3.8, 4) is 11.5 Å². The lowest BCUT2D eigenvalue weighted by atomic mass is 10.3. The molecule has 19 heavy (non-hydrogen) atoms. The molecular formula is C14H23ClN2O2. The molecule has 1 atom stereocenters. The van der Waals surface area contributed by atoms with Crippen molar-refractivity contribution < 1.29 is 9.47 Å². The Balaban J connectivity index is 0.00000180. The summed E-state index contributed by atoms with van der Waals surface area (Å²) < 4.78 is 11.0. The predicted octanol–water partition coefficient (Wildman–Crippen LogP) is 1.79. The Morgan fingerprint density at radius 3 is 2.68 bits per heavy atom. The van der Waals surface area contributed by atoms with E-state index in [9.17, 15) is 0 Å². The van der Waals surface area contributed by atoms with E-state index in [4.69, 9.17) is 9.47 Å². The molecule has 1 saturated heterocycles. The van der Waals surface area contributed by atoms with Gasteiger partial charge in [-0.25, -0.2) is 0 Å². The Morgan fingerprint density at radius 2 is 2.05 bits per heavy atom. The lowest BCUT2D eigenvalue weighted by molar-refractivity contribution is 0.228. The van der Waals surface area contributed by atoms with E-state index in [1.807, 2.05) is 31.3 Å². The molecule has 1 aliphatic heterocycles. The van der Waals surface area contributed by atoms with Crippen LogP contribution in [0.15, 0.2) is 24.3 Å². The van der Waals surface area contributed by atoms with E-state index in [0.717, 1.165) is 31.1 Å². The number of nitrogens with zero attached hydrogens (tertiary/aromatic N) is 1. The normalized spacial score (nSPS) is 18.9. The Labute approximate surface area is 121 Å². The minimum Gasteiger partial charge on any atom is -0.493 e. The van der Waals surface area contributed by atoms with E-state index in [2.05, 4.69) is 10.2 Å². The first-order chi connectivity index (χ1) is 8.83. The van der Waals surface area contributed by atoms with Gasteiger partial charge < -0.3 is 14.8 Å². The number of rotatable bonds is 6. The second-order valence-electron chi connectivity index (χ2n) is 4.57. The maximum Gasteiger partial charge on any atom is 0.161 e. The Hall–Kier alpha value is -0.970. The monoisotopic (exact) mass is 286 g/mol. The van der Waals surface area contributed by atoms with Crippen LogP contribution in [0.5, 0.6) is 11.5 Å². The third-order valence-corrected chi connectivity index (χ3v) is 3.41. The number of likely N-dealkylation sites (tertiary alicyclic amines) is 1. The molecule has 5 heteroatoms. The maximum absolute atomic E-state index is 5.77. The van der Waals surface area contributed by atoms with Gasteiger partial charge in [0.25, 0.3) is 0 Å². The van der Waals surface area contributed by atoms with Crippen LogP contribution in [0.1, 0.15) is 6.42 Å². The maximum atomic E-state index is 5.77. The summed E-state index contributed by atoms with van der Waals surface area (Å²) in [6.07, 6.45) is 1.23. The fourth-order valence-electron chi connectivity index (χ4n) is 2.29. The number of para-hydroxylation sites is 2. The number of benzene rings is 1. The van der Waals surface area contributed by atoms with Crippen molar-refractivity contribution in [2.45, 2.75) is 12.5 Å². The molecule has 1 aromatic rings. The molecule has 0 amide bonds. The van der Waals surface area contributed by atoms with Gasteiger partial charge in [0.15, 0.2) is 11.5 Å². The van der Waals surface area contributed by atoms with Crippen LogP contribution in [-0.4, -0.2) is 51.3 Å². The van der Waals surface area contributed by atoms with E-state index in [1.165, 1.54) is 6.42 Å². The summed E-state index contributed by atoms with van der Waals surface area (Å²) in [6, 6.07) is 8.41. The van der Waals surface area contributed by atoms with Gasteiger partial charge in [0.2, 0.25) is 0 Å². The Bertz CT molecular complexity index is 376. The van der Waals surface area contributed by atoms with Crippen LogP contribution >= 0.6 is 12.4 Å². The molecule has 0 saturated carbocycles. The topological polar surface area (TPSA) is 33.7 Å². The first-order valence-corrected chi connectivity index (χ1v) is 6.49. The Kier molecular flexibility index (Phi) is 6.99. The molecule has 1 heterocycles. The zero-order chi connectivity index (χ0) is 12.8. The van der Waals surface area contributed by atoms with Crippen molar-refractivity contribution in [1.82, 2.24) is 10.2 Å². The van der Waals surface area contributed by atoms with Crippen LogP contribution in [0.4, 0.5) is 0 Å². The molecule has 0 aliphatic carbocycles. The second-order valence-corrected chi connectivity index (χ2v) is 4.57. The van der Waals surface area contributed by atoms with Gasteiger partial charge in [0.1, 0.15) is 6.61 Å². The van der Waals surface area contributed by atoms with Crippen molar-refractivity contribution in [2.75, 3.05) is 40.4 Å². The number of nitrogens with one attached hydrogen (secondary N) is 1. The minimum atomic E-state index is 0. The number of ether oxygens (including phenoxy) is 2. The zero-order valence-corrected chi connectivity index (χ0v) is 12.4. The predicted molar refractivity (Wildman–Crippen MR) is 79.6 cm³/mol. The van der Waals surface area contributed by atoms with E-state index >= 15 is 0 Å². The van der Waals surface area contributed by atoms with Gasteiger partial charge in [0, 0.05) is 19.1 Å². The molecule has 1 fully saturated rings. The smallest absolute Gasteiger partial charge is 0.161 e. The SMILES string of the molecule is CNC1CCN(CCOc2ccccc2OC)C1.Cl. The molecule has 1 N–H and O–H groups in total. The minimum absolute atomic E-state index is 0. The van der Waals surface area contributed by atoms with Gasteiger partial charge in [-0.3, -0.25) is 4.90 Å². The van der Waals surface area contributed by atoms with Crippen molar-refractivity contribution in [3.05, 3.63) is 24.3 Å². The summed E-state index contributed by atoms with van der Waals surface area (Å²) in [6.45, 7) is 3.94. The van der Waals surface area contributed by atoms with Crippen molar-refractivity contribution >= 4 is 12.4 Å².